The average Bonchev–Trinajstić information content (AvgIpc) is 2.59. The molecule has 120 valence electrons. The van der Waals surface area contributed by atoms with Crippen molar-refractivity contribution in [3.8, 4) is 5.75 Å². The molecule has 0 heterocycles. The summed E-state index contributed by atoms with van der Waals surface area (Å²) in [5.74, 6) is 1.50. The van der Waals surface area contributed by atoms with Crippen molar-refractivity contribution in [2.45, 2.75) is 39.0 Å². The fourth-order valence-corrected chi connectivity index (χ4v) is 2.60. The Labute approximate surface area is 132 Å². The lowest BCUT2D eigenvalue weighted by Gasteiger charge is -2.21. The zero-order chi connectivity index (χ0) is 15.8. The molecule has 0 aromatic heterocycles. The van der Waals surface area contributed by atoms with Gasteiger partial charge in [0.2, 0.25) is 0 Å². The number of nitrogens with one attached hydrogen (secondary N) is 2. The normalized spacial score (nSPS) is 17.7. The molecule has 0 unspecified atom stereocenters. The molecule has 1 amide bonds. The third kappa shape index (κ3) is 5.06. The van der Waals surface area contributed by atoms with Gasteiger partial charge in [-0.25, -0.2) is 5.43 Å². The van der Waals surface area contributed by atoms with Crippen LogP contribution >= 0.6 is 0 Å². The molecular formula is C17H25N3O2. The lowest BCUT2D eigenvalue weighted by atomic mass is 9.86. The zero-order valence-electron chi connectivity index (χ0n) is 13.4. The highest BCUT2D eigenvalue weighted by molar-refractivity contribution is 5.87. The molecule has 1 aliphatic carbocycles. The van der Waals surface area contributed by atoms with E-state index in [2.05, 4.69) is 22.8 Å². The van der Waals surface area contributed by atoms with Crippen LogP contribution in [-0.2, 0) is 4.79 Å². The van der Waals surface area contributed by atoms with Gasteiger partial charge in [-0.2, -0.15) is 5.10 Å². The van der Waals surface area contributed by atoms with E-state index in [1.54, 1.807) is 7.11 Å². The van der Waals surface area contributed by atoms with E-state index in [0.29, 0.717) is 0 Å². The van der Waals surface area contributed by atoms with E-state index >= 15 is 0 Å². The Morgan fingerprint density at radius 3 is 2.55 bits per heavy atom. The molecule has 1 saturated carbocycles. The monoisotopic (exact) mass is 303 g/mol. The van der Waals surface area contributed by atoms with Crippen LogP contribution in [0.15, 0.2) is 29.4 Å². The molecule has 0 saturated heterocycles. The van der Waals surface area contributed by atoms with E-state index < -0.39 is 0 Å². The first-order chi connectivity index (χ1) is 10.7. The summed E-state index contributed by atoms with van der Waals surface area (Å²) in [6.07, 6.45) is 5.63. The van der Waals surface area contributed by atoms with Gasteiger partial charge in [-0.3, -0.25) is 4.79 Å². The minimum atomic E-state index is -0.124. The summed E-state index contributed by atoms with van der Waals surface area (Å²) >= 11 is 0. The summed E-state index contributed by atoms with van der Waals surface area (Å²) in [4.78, 5) is 11.8. The maximum absolute atomic E-state index is 11.8. The van der Waals surface area contributed by atoms with Crippen molar-refractivity contribution in [1.82, 2.24) is 5.43 Å². The van der Waals surface area contributed by atoms with Gasteiger partial charge in [-0.15, -0.1) is 0 Å². The first-order valence-corrected chi connectivity index (χ1v) is 7.93. The number of carbonyl (C=O) groups excluding carboxylic acids is 1. The molecule has 5 nitrogen and oxygen atoms in total. The number of hydrogen-bond donors (Lipinski definition) is 2. The van der Waals surface area contributed by atoms with Crippen LogP contribution in [0, 0.1) is 5.92 Å². The Bertz CT molecular complexity index is 501. The molecule has 0 atom stereocenters. The Morgan fingerprint density at radius 1 is 1.27 bits per heavy atom. The average molecular weight is 303 g/mol. The lowest BCUT2D eigenvalue weighted by molar-refractivity contribution is -0.119. The summed E-state index contributed by atoms with van der Waals surface area (Å²) in [7, 11) is 1.63. The van der Waals surface area contributed by atoms with Gasteiger partial charge in [-0.1, -0.05) is 13.3 Å². The topological polar surface area (TPSA) is 62.7 Å². The van der Waals surface area contributed by atoms with E-state index in [9.17, 15) is 4.79 Å². The second kappa shape index (κ2) is 8.41. The van der Waals surface area contributed by atoms with E-state index in [-0.39, 0.29) is 12.5 Å². The molecule has 0 radical (unpaired) electrons. The molecule has 22 heavy (non-hydrogen) atoms. The van der Waals surface area contributed by atoms with E-state index in [0.717, 1.165) is 35.9 Å². The largest absolute Gasteiger partial charge is 0.497 e. The second-order valence-electron chi connectivity index (χ2n) is 5.65. The van der Waals surface area contributed by atoms with Crippen LogP contribution in [0.5, 0.6) is 5.75 Å². The summed E-state index contributed by atoms with van der Waals surface area (Å²) in [6.45, 7) is 2.44. The van der Waals surface area contributed by atoms with Gasteiger partial charge >= 0.3 is 0 Å². The predicted octanol–water partition coefficient (Wildman–Crippen LogP) is 3.18. The van der Waals surface area contributed by atoms with Crippen molar-refractivity contribution < 1.29 is 9.53 Å². The second-order valence-corrected chi connectivity index (χ2v) is 5.65. The number of ether oxygens (including phenoxy) is 1. The summed E-state index contributed by atoms with van der Waals surface area (Å²) in [5.41, 5.74) is 4.63. The molecule has 0 spiro atoms. The number of amides is 1. The Hall–Kier alpha value is -2.04. The highest BCUT2D eigenvalue weighted by atomic mass is 16.5. The fraction of sp³-hybridized carbons (Fsp3) is 0.529. The van der Waals surface area contributed by atoms with Crippen LogP contribution in [-0.4, -0.2) is 25.3 Å². The van der Waals surface area contributed by atoms with Crippen molar-refractivity contribution in [3.05, 3.63) is 24.3 Å². The number of rotatable bonds is 6. The third-order valence-corrected chi connectivity index (χ3v) is 4.14. The van der Waals surface area contributed by atoms with E-state index in [4.69, 9.17) is 4.74 Å². The lowest BCUT2D eigenvalue weighted by Crippen LogP contribution is -2.27. The highest BCUT2D eigenvalue weighted by Gasteiger charge is 2.16. The SMILES string of the molecule is CCC1CCC(=NNC(=O)CNc2ccc(OC)cc2)CC1. The minimum Gasteiger partial charge on any atom is -0.497 e. The molecule has 0 aliphatic heterocycles. The van der Waals surface area contributed by atoms with Gasteiger partial charge in [0, 0.05) is 11.4 Å². The van der Waals surface area contributed by atoms with Gasteiger partial charge in [-0.05, 0) is 55.9 Å². The zero-order valence-corrected chi connectivity index (χ0v) is 13.4. The third-order valence-electron chi connectivity index (χ3n) is 4.14. The molecular weight excluding hydrogens is 278 g/mol. The van der Waals surface area contributed by atoms with Crippen LogP contribution in [0.3, 0.4) is 0 Å². The van der Waals surface area contributed by atoms with E-state index in [1.807, 2.05) is 24.3 Å². The van der Waals surface area contributed by atoms with Gasteiger partial charge in [0.05, 0.1) is 13.7 Å². The predicted molar refractivity (Wildman–Crippen MR) is 89.3 cm³/mol. The van der Waals surface area contributed by atoms with Crippen molar-refractivity contribution in [3.63, 3.8) is 0 Å². The molecule has 5 heteroatoms. The van der Waals surface area contributed by atoms with Gasteiger partial charge < -0.3 is 10.1 Å². The first-order valence-electron chi connectivity index (χ1n) is 7.93. The molecule has 2 N–H and O–H groups in total. The Morgan fingerprint density at radius 2 is 1.95 bits per heavy atom. The molecule has 0 bridgehead atoms. The summed E-state index contributed by atoms with van der Waals surface area (Å²) in [5, 5.41) is 7.31. The van der Waals surface area contributed by atoms with Crippen LogP contribution in [0.1, 0.15) is 39.0 Å². The number of benzene rings is 1. The number of hydrazone groups is 1. The number of carbonyl (C=O) groups is 1. The Balaban J connectivity index is 1.71. The van der Waals surface area contributed by atoms with Crippen molar-refractivity contribution in [2.24, 2.45) is 11.0 Å². The summed E-state index contributed by atoms with van der Waals surface area (Å²) < 4.78 is 5.09. The van der Waals surface area contributed by atoms with Crippen molar-refractivity contribution in [2.75, 3.05) is 19.0 Å². The summed E-state index contributed by atoms with van der Waals surface area (Å²) in [6, 6.07) is 7.47. The molecule has 1 aliphatic rings. The fourth-order valence-electron chi connectivity index (χ4n) is 2.60. The molecule has 2 rings (SSSR count). The van der Waals surface area contributed by atoms with Crippen LogP contribution in [0.25, 0.3) is 0 Å². The van der Waals surface area contributed by atoms with Crippen LogP contribution in [0.2, 0.25) is 0 Å². The van der Waals surface area contributed by atoms with Gasteiger partial charge in [0.15, 0.2) is 0 Å². The number of anilines is 1. The number of methoxy groups -OCH3 is 1. The van der Waals surface area contributed by atoms with Crippen LogP contribution in [0.4, 0.5) is 5.69 Å². The number of hydrogen-bond acceptors (Lipinski definition) is 4. The molecule has 1 fully saturated rings. The minimum absolute atomic E-state index is 0.124. The quantitative estimate of drug-likeness (QED) is 0.793. The maximum Gasteiger partial charge on any atom is 0.259 e. The molecule has 1 aromatic carbocycles. The van der Waals surface area contributed by atoms with E-state index in [1.165, 1.54) is 19.3 Å². The Kier molecular flexibility index (Phi) is 6.25. The maximum atomic E-state index is 11.8. The highest BCUT2D eigenvalue weighted by Crippen LogP contribution is 2.24. The smallest absolute Gasteiger partial charge is 0.259 e. The van der Waals surface area contributed by atoms with Crippen LogP contribution < -0.4 is 15.5 Å². The van der Waals surface area contributed by atoms with Gasteiger partial charge in [0.1, 0.15) is 5.75 Å². The standard InChI is InChI=1S/C17H25N3O2/c1-3-13-4-6-15(7-5-13)19-20-17(21)12-18-14-8-10-16(22-2)11-9-14/h8-11,13,18H,3-7,12H2,1-2H3,(H,20,21). The van der Waals surface area contributed by atoms with Crippen molar-refractivity contribution in [1.29, 1.82) is 0 Å². The van der Waals surface area contributed by atoms with Gasteiger partial charge in [0.25, 0.3) is 5.91 Å². The van der Waals surface area contributed by atoms with Crippen molar-refractivity contribution >= 4 is 17.3 Å². The molecule has 1 aromatic rings. The first kappa shape index (κ1) is 16.3. The number of nitrogens with zero attached hydrogens (tertiary/aromatic N) is 1.